The van der Waals surface area contributed by atoms with Crippen molar-refractivity contribution < 1.29 is 0 Å². The molecule has 2 aromatic rings. The van der Waals surface area contributed by atoms with Gasteiger partial charge < -0.3 is 5.32 Å². The summed E-state index contributed by atoms with van der Waals surface area (Å²) in [7, 11) is 3.92. The molecule has 2 rings (SSSR count). The lowest BCUT2D eigenvalue weighted by molar-refractivity contribution is 0.540. The van der Waals surface area contributed by atoms with Crippen molar-refractivity contribution in [2.45, 2.75) is 12.5 Å². The average molecular weight is 256 g/mol. The second-order valence-corrected chi connectivity index (χ2v) is 5.43. The SMILES string of the molecule is CNC(Cc1ccc(Cl)s1)c1ccnn1C. The number of thiophene rings is 1. The number of hydrogen-bond donors (Lipinski definition) is 1. The third-order valence-corrected chi connectivity index (χ3v) is 3.85. The Balaban J connectivity index is 2.15. The standard InChI is InChI=1S/C11H14ClN3S/c1-13-9(10-5-6-14-15(10)2)7-8-3-4-11(12)16-8/h3-6,9,13H,7H2,1-2H3. The average Bonchev–Trinajstić information content (AvgIpc) is 2.84. The number of aromatic nitrogens is 2. The van der Waals surface area contributed by atoms with E-state index in [1.165, 1.54) is 10.6 Å². The van der Waals surface area contributed by atoms with Crippen LogP contribution in [0.1, 0.15) is 16.6 Å². The minimum Gasteiger partial charge on any atom is -0.311 e. The Kier molecular flexibility index (Phi) is 3.63. The Morgan fingerprint density at radius 3 is 2.81 bits per heavy atom. The van der Waals surface area contributed by atoms with Crippen molar-refractivity contribution in [3.05, 3.63) is 39.3 Å². The monoisotopic (exact) mass is 255 g/mol. The van der Waals surface area contributed by atoms with Gasteiger partial charge in [-0.25, -0.2) is 0 Å². The van der Waals surface area contributed by atoms with Crippen molar-refractivity contribution in [2.24, 2.45) is 7.05 Å². The van der Waals surface area contributed by atoms with Gasteiger partial charge in [0.1, 0.15) is 0 Å². The predicted octanol–water partition coefficient (Wildman–Crippen LogP) is 2.64. The van der Waals surface area contributed by atoms with Gasteiger partial charge in [0, 0.05) is 24.5 Å². The van der Waals surface area contributed by atoms with Gasteiger partial charge in [-0.05, 0) is 25.2 Å². The lowest BCUT2D eigenvalue weighted by atomic mass is 10.1. The van der Waals surface area contributed by atoms with Gasteiger partial charge in [-0.3, -0.25) is 4.68 Å². The van der Waals surface area contributed by atoms with Crippen molar-refractivity contribution in [3.8, 4) is 0 Å². The minimum atomic E-state index is 0.280. The fourth-order valence-electron chi connectivity index (χ4n) is 1.74. The molecule has 1 N–H and O–H groups in total. The lowest BCUT2D eigenvalue weighted by Crippen LogP contribution is -2.21. The molecule has 0 saturated heterocycles. The molecule has 0 saturated carbocycles. The molecule has 0 amide bonds. The molecule has 0 radical (unpaired) electrons. The number of nitrogens with one attached hydrogen (secondary N) is 1. The first-order valence-electron chi connectivity index (χ1n) is 5.10. The highest BCUT2D eigenvalue weighted by Crippen LogP contribution is 2.26. The molecule has 16 heavy (non-hydrogen) atoms. The van der Waals surface area contributed by atoms with Crippen LogP contribution in [0.25, 0.3) is 0 Å². The van der Waals surface area contributed by atoms with Crippen LogP contribution in [0.3, 0.4) is 0 Å². The molecule has 2 aromatic heterocycles. The van der Waals surface area contributed by atoms with E-state index in [2.05, 4.69) is 16.5 Å². The summed E-state index contributed by atoms with van der Waals surface area (Å²) in [5, 5.41) is 7.49. The second-order valence-electron chi connectivity index (χ2n) is 3.63. The number of aryl methyl sites for hydroxylation is 1. The zero-order chi connectivity index (χ0) is 11.5. The Morgan fingerprint density at radius 1 is 1.50 bits per heavy atom. The number of halogens is 1. The molecule has 0 aliphatic rings. The van der Waals surface area contributed by atoms with Crippen LogP contribution < -0.4 is 5.32 Å². The molecule has 3 nitrogen and oxygen atoms in total. The maximum absolute atomic E-state index is 5.92. The number of hydrogen-bond acceptors (Lipinski definition) is 3. The molecule has 0 aromatic carbocycles. The summed E-state index contributed by atoms with van der Waals surface area (Å²) in [6, 6.07) is 6.34. The fourth-order valence-corrected chi connectivity index (χ4v) is 2.88. The predicted molar refractivity (Wildman–Crippen MR) is 68.0 cm³/mol. The Hall–Kier alpha value is -0.840. The maximum atomic E-state index is 5.92. The Morgan fingerprint density at radius 2 is 2.31 bits per heavy atom. The van der Waals surface area contributed by atoms with Gasteiger partial charge in [-0.2, -0.15) is 5.10 Å². The first-order chi connectivity index (χ1) is 7.70. The third kappa shape index (κ3) is 2.45. The van der Waals surface area contributed by atoms with Gasteiger partial charge in [-0.1, -0.05) is 11.6 Å². The molecular weight excluding hydrogens is 242 g/mol. The summed E-state index contributed by atoms with van der Waals surface area (Å²) in [5.74, 6) is 0. The van der Waals surface area contributed by atoms with Gasteiger partial charge in [0.15, 0.2) is 0 Å². The topological polar surface area (TPSA) is 29.9 Å². The Bertz CT molecular complexity index is 463. The summed E-state index contributed by atoms with van der Waals surface area (Å²) in [5.41, 5.74) is 1.19. The first-order valence-corrected chi connectivity index (χ1v) is 6.29. The van der Waals surface area contributed by atoms with E-state index in [0.717, 1.165) is 10.8 Å². The van der Waals surface area contributed by atoms with E-state index in [9.17, 15) is 0 Å². The van der Waals surface area contributed by atoms with Crippen LogP contribution in [0.2, 0.25) is 4.34 Å². The molecule has 0 aliphatic carbocycles. The highest BCUT2D eigenvalue weighted by atomic mass is 35.5. The number of rotatable bonds is 4. The van der Waals surface area contributed by atoms with E-state index in [-0.39, 0.29) is 6.04 Å². The molecule has 2 heterocycles. The molecule has 5 heteroatoms. The highest BCUT2D eigenvalue weighted by molar-refractivity contribution is 7.16. The summed E-state index contributed by atoms with van der Waals surface area (Å²) >= 11 is 7.55. The van der Waals surface area contributed by atoms with Crippen LogP contribution in [0, 0.1) is 0 Å². The van der Waals surface area contributed by atoms with E-state index in [1.54, 1.807) is 11.3 Å². The van der Waals surface area contributed by atoms with Crippen molar-refractivity contribution in [2.75, 3.05) is 7.05 Å². The van der Waals surface area contributed by atoms with Gasteiger partial charge >= 0.3 is 0 Å². The summed E-state index contributed by atoms with van der Waals surface area (Å²) < 4.78 is 2.74. The lowest BCUT2D eigenvalue weighted by Gasteiger charge is -2.15. The minimum absolute atomic E-state index is 0.280. The van der Waals surface area contributed by atoms with Gasteiger partial charge in [0.25, 0.3) is 0 Å². The van der Waals surface area contributed by atoms with E-state index in [0.29, 0.717) is 0 Å². The van der Waals surface area contributed by atoms with E-state index >= 15 is 0 Å². The quantitative estimate of drug-likeness (QED) is 0.910. The zero-order valence-corrected chi connectivity index (χ0v) is 10.8. The molecule has 0 spiro atoms. The number of nitrogens with zero attached hydrogens (tertiary/aromatic N) is 2. The Labute approximate surface area is 104 Å². The van der Waals surface area contributed by atoms with Crippen molar-refractivity contribution in [1.82, 2.24) is 15.1 Å². The number of likely N-dealkylation sites (N-methyl/N-ethyl adjacent to an activating group) is 1. The van der Waals surface area contributed by atoms with Gasteiger partial charge in [0.05, 0.1) is 16.1 Å². The largest absolute Gasteiger partial charge is 0.311 e. The first kappa shape index (κ1) is 11.6. The third-order valence-electron chi connectivity index (χ3n) is 2.60. The maximum Gasteiger partial charge on any atom is 0.0931 e. The molecule has 1 atom stereocenters. The summed E-state index contributed by atoms with van der Waals surface area (Å²) in [6.07, 6.45) is 2.76. The van der Waals surface area contributed by atoms with Crippen LogP contribution >= 0.6 is 22.9 Å². The van der Waals surface area contributed by atoms with Crippen molar-refractivity contribution in [1.29, 1.82) is 0 Å². The van der Waals surface area contributed by atoms with E-state index in [1.807, 2.05) is 37.1 Å². The molecule has 1 unspecified atom stereocenters. The van der Waals surface area contributed by atoms with Crippen LogP contribution in [-0.4, -0.2) is 16.8 Å². The molecule has 0 bridgehead atoms. The zero-order valence-electron chi connectivity index (χ0n) is 9.27. The van der Waals surface area contributed by atoms with Crippen LogP contribution in [0.5, 0.6) is 0 Å². The van der Waals surface area contributed by atoms with Crippen LogP contribution in [0.15, 0.2) is 24.4 Å². The van der Waals surface area contributed by atoms with Crippen LogP contribution in [-0.2, 0) is 13.5 Å². The van der Waals surface area contributed by atoms with Crippen LogP contribution in [0.4, 0.5) is 0 Å². The molecule has 0 fully saturated rings. The molecule has 0 aliphatic heterocycles. The smallest absolute Gasteiger partial charge is 0.0931 e. The normalized spacial score (nSPS) is 12.9. The van der Waals surface area contributed by atoms with E-state index in [4.69, 9.17) is 11.6 Å². The van der Waals surface area contributed by atoms with Gasteiger partial charge in [-0.15, -0.1) is 11.3 Å². The summed E-state index contributed by atoms with van der Waals surface area (Å²) in [6.45, 7) is 0. The fraction of sp³-hybridized carbons (Fsp3) is 0.364. The second kappa shape index (κ2) is 4.99. The van der Waals surface area contributed by atoms with Crippen molar-refractivity contribution >= 4 is 22.9 Å². The summed E-state index contributed by atoms with van der Waals surface area (Å²) in [4.78, 5) is 1.28. The highest BCUT2D eigenvalue weighted by Gasteiger charge is 2.14. The van der Waals surface area contributed by atoms with E-state index < -0.39 is 0 Å². The molecule has 86 valence electrons. The van der Waals surface area contributed by atoms with Gasteiger partial charge in [0.2, 0.25) is 0 Å². The molecular formula is C11H14ClN3S. The van der Waals surface area contributed by atoms with Crippen molar-refractivity contribution in [3.63, 3.8) is 0 Å².